The van der Waals surface area contributed by atoms with E-state index in [4.69, 9.17) is 4.74 Å². The minimum atomic E-state index is -0.445. The van der Waals surface area contributed by atoms with Gasteiger partial charge in [0.05, 0.1) is 6.61 Å². The summed E-state index contributed by atoms with van der Waals surface area (Å²) in [5, 5.41) is 3.31. The monoisotopic (exact) mass is 278 g/mol. The highest BCUT2D eigenvalue weighted by Gasteiger charge is 2.59. The molecule has 1 saturated carbocycles. The molecule has 1 N–H and O–H groups in total. The lowest BCUT2D eigenvalue weighted by Crippen LogP contribution is -2.34. The van der Waals surface area contributed by atoms with E-state index >= 15 is 0 Å². The number of nitrogens with zero attached hydrogens (tertiary/aromatic N) is 1. The number of rotatable bonds is 5. The molecular formula is C15H19FN2O2. The van der Waals surface area contributed by atoms with E-state index in [9.17, 15) is 9.18 Å². The van der Waals surface area contributed by atoms with Crippen molar-refractivity contribution < 1.29 is 13.9 Å². The third-order valence-corrected chi connectivity index (χ3v) is 4.03. The average molecular weight is 278 g/mol. The van der Waals surface area contributed by atoms with E-state index < -0.39 is 5.54 Å². The SMILES string of the molecule is CCOCCN1C(=O)C2(CC2)NC1c1ccccc1F. The number of ether oxygens (including phenoxy) is 1. The number of amides is 1. The van der Waals surface area contributed by atoms with Crippen LogP contribution >= 0.6 is 0 Å². The van der Waals surface area contributed by atoms with Gasteiger partial charge >= 0.3 is 0 Å². The van der Waals surface area contributed by atoms with Gasteiger partial charge in [0.1, 0.15) is 17.5 Å². The molecule has 1 spiro atoms. The van der Waals surface area contributed by atoms with E-state index in [1.807, 2.05) is 6.92 Å². The van der Waals surface area contributed by atoms with Gasteiger partial charge in [-0.2, -0.15) is 0 Å². The van der Waals surface area contributed by atoms with Crippen molar-refractivity contribution in [2.45, 2.75) is 31.5 Å². The molecular weight excluding hydrogens is 259 g/mol. The second-order valence-corrected chi connectivity index (χ2v) is 5.35. The Balaban J connectivity index is 1.84. The molecule has 20 heavy (non-hydrogen) atoms. The summed E-state index contributed by atoms with van der Waals surface area (Å²) in [7, 11) is 0. The first-order chi connectivity index (χ1) is 9.68. The van der Waals surface area contributed by atoms with Crippen LogP contribution in [0.25, 0.3) is 0 Å². The number of hydrogen-bond donors (Lipinski definition) is 1. The van der Waals surface area contributed by atoms with Crippen molar-refractivity contribution in [3.63, 3.8) is 0 Å². The molecule has 2 aliphatic rings. The zero-order valence-electron chi connectivity index (χ0n) is 11.6. The van der Waals surface area contributed by atoms with Gasteiger partial charge in [-0.1, -0.05) is 18.2 Å². The lowest BCUT2D eigenvalue weighted by Gasteiger charge is -2.24. The fourth-order valence-corrected chi connectivity index (χ4v) is 2.76. The number of halogens is 1. The Labute approximate surface area is 117 Å². The van der Waals surface area contributed by atoms with Crippen molar-refractivity contribution in [2.24, 2.45) is 0 Å². The maximum absolute atomic E-state index is 14.0. The summed E-state index contributed by atoms with van der Waals surface area (Å²) < 4.78 is 19.3. The van der Waals surface area contributed by atoms with E-state index in [1.54, 1.807) is 23.1 Å². The molecule has 1 aromatic rings. The molecule has 3 rings (SSSR count). The van der Waals surface area contributed by atoms with E-state index in [0.29, 0.717) is 25.3 Å². The number of carbonyl (C=O) groups is 1. The molecule has 0 bridgehead atoms. The molecule has 1 aliphatic heterocycles. The summed E-state index contributed by atoms with van der Waals surface area (Å²) >= 11 is 0. The van der Waals surface area contributed by atoms with Crippen LogP contribution in [0.5, 0.6) is 0 Å². The van der Waals surface area contributed by atoms with Crippen LogP contribution in [0.3, 0.4) is 0 Å². The molecule has 1 saturated heterocycles. The van der Waals surface area contributed by atoms with Gasteiger partial charge in [0.25, 0.3) is 0 Å². The molecule has 1 amide bonds. The molecule has 0 aromatic heterocycles. The van der Waals surface area contributed by atoms with Crippen molar-refractivity contribution in [2.75, 3.05) is 19.8 Å². The predicted molar refractivity (Wildman–Crippen MR) is 72.4 cm³/mol. The summed E-state index contributed by atoms with van der Waals surface area (Å²) in [6.07, 6.45) is 1.29. The molecule has 2 fully saturated rings. The van der Waals surface area contributed by atoms with Crippen molar-refractivity contribution in [3.8, 4) is 0 Å². The van der Waals surface area contributed by atoms with Gasteiger partial charge in [0.2, 0.25) is 5.91 Å². The minimum Gasteiger partial charge on any atom is -0.380 e. The Morgan fingerprint density at radius 1 is 1.45 bits per heavy atom. The van der Waals surface area contributed by atoms with Gasteiger partial charge in [0.15, 0.2) is 0 Å². The normalized spacial score (nSPS) is 23.6. The lowest BCUT2D eigenvalue weighted by atomic mass is 10.1. The number of hydrogen-bond acceptors (Lipinski definition) is 3. The van der Waals surface area contributed by atoms with E-state index in [2.05, 4.69) is 5.32 Å². The molecule has 1 atom stereocenters. The first-order valence-electron chi connectivity index (χ1n) is 7.09. The van der Waals surface area contributed by atoms with Crippen molar-refractivity contribution in [1.29, 1.82) is 0 Å². The van der Waals surface area contributed by atoms with Gasteiger partial charge in [0, 0.05) is 18.7 Å². The van der Waals surface area contributed by atoms with Crippen molar-refractivity contribution >= 4 is 5.91 Å². The highest BCUT2D eigenvalue weighted by atomic mass is 19.1. The Bertz CT molecular complexity index is 516. The van der Waals surface area contributed by atoms with Crippen molar-refractivity contribution in [3.05, 3.63) is 35.6 Å². The number of benzene rings is 1. The quantitative estimate of drug-likeness (QED) is 0.835. The molecule has 1 aliphatic carbocycles. The molecule has 5 heteroatoms. The third-order valence-electron chi connectivity index (χ3n) is 4.03. The maximum atomic E-state index is 14.0. The minimum absolute atomic E-state index is 0.0745. The van der Waals surface area contributed by atoms with Gasteiger partial charge in [-0.25, -0.2) is 4.39 Å². The highest BCUT2D eigenvalue weighted by molar-refractivity contribution is 5.92. The summed E-state index contributed by atoms with van der Waals surface area (Å²) in [5.74, 6) is -0.206. The Morgan fingerprint density at radius 3 is 2.85 bits per heavy atom. The predicted octanol–water partition coefficient (Wildman–Crippen LogP) is 1.83. The van der Waals surface area contributed by atoms with Gasteiger partial charge < -0.3 is 9.64 Å². The molecule has 1 heterocycles. The molecule has 0 radical (unpaired) electrons. The lowest BCUT2D eigenvalue weighted by molar-refractivity contribution is -0.131. The summed E-state index contributed by atoms with van der Waals surface area (Å²) in [6.45, 7) is 3.50. The van der Waals surface area contributed by atoms with Crippen LogP contribution in [0.4, 0.5) is 4.39 Å². The van der Waals surface area contributed by atoms with Gasteiger partial charge in [-0.05, 0) is 25.8 Å². The highest BCUT2D eigenvalue weighted by Crippen LogP contribution is 2.46. The fourth-order valence-electron chi connectivity index (χ4n) is 2.76. The van der Waals surface area contributed by atoms with E-state index in [-0.39, 0.29) is 17.9 Å². The summed E-state index contributed by atoms with van der Waals surface area (Å²) in [6, 6.07) is 6.62. The Morgan fingerprint density at radius 2 is 2.20 bits per heavy atom. The topological polar surface area (TPSA) is 41.6 Å². The van der Waals surface area contributed by atoms with Crippen LogP contribution in [0.1, 0.15) is 31.5 Å². The van der Waals surface area contributed by atoms with Crippen LogP contribution < -0.4 is 5.32 Å². The van der Waals surface area contributed by atoms with Crippen LogP contribution in [-0.2, 0) is 9.53 Å². The molecule has 108 valence electrons. The number of carbonyl (C=O) groups excluding carboxylic acids is 1. The van der Waals surface area contributed by atoms with Crippen molar-refractivity contribution in [1.82, 2.24) is 10.2 Å². The van der Waals surface area contributed by atoms with E-state index in [0.717, 1.165) is 12.8 Å². The second-order valence-electron chi connectivity index (χ2n) is 5.35. The third kappa shape index (κ3) is 2.21. The van der Waals surface area contributed by atoms with Gasteiger partial charge in [-0.3, -0.25) is 10.1 Å². The Kier molecular flexibility index (Phi) is 3.48. The largest absolute Gasteiger partial charge is 0.380 e. The fraction of sp³-hybridized carbons (Fsp3) is 0.533. The summed E-state index contributed by atoms with van der Waals surface area (Å²) in [5.41, 5.74) is 0.0835. The summed E-state index contributed by atoms with van der Waals surface area (Å²) in [4.78, 5) is 14.2. The van der Waals surface area contributed by atoms with E-state index in [1.165, 1.54) is 6.07 Å². The average Bonchev–Trinajstić information content (AvgIpc) is 3.17. The first kappa shape index (κ1) is 13.5. The standard InChI is InChI=1S/C15H19FN2O2/c1-2-20-10-9-18-13(11-5-3-4-6-12(11)16)17-15(7-8-15)14(18)19/h3-6,13,17H,2,7-10H2,1H3. The smallest absolute Gasteiger partial charge is 0.244 e. The van der Waals surface area contributed by atoms with Gasteiger partial charge in [-0.15, -0.1) is 0 Å². The first-order valence-corrected chi connectivity index (χ1v) is 7.09. The second kappa shape index (κ2) is 5.14. The molecule has 1 aromatic carbocycles. The molecule has 1 unspecified atom stereocenters. The zero-order valence-corrected chi connectivity index (χ0v) is 11.6. The zero-order chi connectivity index (χ0) is 14.2. The number of nitrogens with one attached hydrogen (secondary N) is 1. The molecule has 4 nitrogen and oxygen atoms in total. The van der Waals surface area contributed by atoms with Crippen LogP contribution in [0.15, 0.2) is 24.3 Å². The van der Waals surface area contributed by atoms with Crippen LogP contribution in [0, 0.1) is 5.82 Å². The Hall–Kier alpha value is -1.46. The maximum Gasteiger partial charge on any atom is 0.244 e. The van der Waals surface area contributed by atoms with Crippen LogP contribution in [-0.4, -0.2) is 36.1 Å². The van der Waals surface area contributed by atoms with Crippen LogP contribution in [0.2, 0.25) is 0 Å².